The molecule has 1 aromatic rings. The highest BCUT2D eigenvalue weighted by atomic mass is 16.5. The van der Waals surface area contributed by atoms with Crippen LogP contribution in [0.2, 0.25) is 0 Å². The Bertz CT molecular complexity index is 342. The van der Waals surface area contributed by atoms with E-state index in [2.05, 4.69) is 5.10 Å². The van der Waals surface area contributed by atoms with Crippen molar-refractivity contribution in [3.63, 3.8) is 0 Å². The third kappa shape index (κ3) is 2.37. The van der Waals surface area contributed by atoms with E-state index in [0.29, 0.717) is 12.5 Å². The predicted molar refractivity (Wildman–Crippen MR) is 55.5 cm³/mol. The highest BCUT2D eigenvalue weighted by Gasteiger charge is 2.21. The zero-order valence-corrected chi connectivity index (χ0v) is 8.98. The lowest BCUT2D eigenvalue weighted by molar-refractivity contribution is -0.144. The third-order valence-corrected chi connectivity index (χ3v) is 2.78. The number of hydrogen-bond donors (Lipinski definition) is 0. The highest BCUT2D eigenvalue weighted by Crippen LogP contribution is 2.34. The Labute approximate surface area is 89.2 Å². The SMILES string of the molecule is CCOC(=O)Cn1ccc(C2CCC2)n1. The van der Waals surface area contributed by atoms with Crippen LogP contribution in [0.5, 0.6) is 0 Å². The minimum absolute atomic E-state index is 0.222. The molecule has 2 rings (SSSR count). The van der Waals surface area contributed by atoms with Crippen molar-refractivity contribution in [2.75, 3.05) is 6.61 Å². The van der Waals surface area contributed by atoms with Gasteiger partial charge in [0.05, 0.1) is 12.3 Å². The molecule has 0 amide bonds. The van der Waals surface area contributed by atoms with Crippen LogP contribution in [0.25, 0.3) is 0 Å². The number of nitrogens with zero attached hydrogens (tertiary/aromatic N) is 2. The van der Waals surface area contributed by atoms with E-state index in [0.717, 1.165) is 5.69 Å². The van der Waals surface area contributed by atoms with Gasteiger partial charge in [0.15, 0.2) is 0 Å². The molecule has 1 fully saturated rings. The normalized spacial score (nSPS) is 16.1. The molecule has 1 aliphatic rings. The number of carbonyl (C=O) groups is 1. The maximum atomic E-state index is 11.2. The van der Waals surface area contributed by atoms with Gasteiger partial charge in [0.2, 0.25) is 0 Å². The van der Waals surface area contributed by atoms with Gasteiger partial charge in [-0.05, 0) is 25.8 Å². The van der Waals surface area contributed by atoms with Gasteiger partial charge in [-0.25, -0.2) is 0 Å². The van der Waals surface area contributed by atoms with Crippen LogP contribution in [0.4, 0.5) is 0 Å². The van der Waals surface area contributed by atoms with Crippen LogP contribution >= 0.6 is 0 Å². The number of esters is 1. The Kier molecular flexibility index (Phi) is 3.04. The van der Waals surface area contributed by atoms with E-state index in [4.69, 9.17) is 4.74 Å². The summed E-state index contributed by atoms with van der Waals surface area (Å²) in [7, 11) is 0. The smallest absolute Gasteiger partial charge is 0.327 e. The number of carbonyl (C=O) groups excluding carboxylic acids is 1. The lowest BCUT2D eigenvalue weighted by atomic mass is 9.83. The summed E-state index contributed by atoms with van der Waals surface area (Å²) in [4.78, 5) is 11.2. The molecule has 0 saturated heterocycles. The van der Waals surface area contributed by atoms with Crippen molar-refractivity contribution >= 4 is 5.97 Å². The number of aromatic nitrogens is 2. The fourth-order valence-corrected chi connectivity index (χ4v) is 1.73. The maximum absolute atomic E-state index is 11.2. The molecule has 15 heavy (non-hydrogen) atoms. The third-order valence-electron chi connectivity index (χ3n) is 2.78. The molecule has 0 atom stereocenters. The van der Waals surface area contributed by atoms with E-state index in [-0.39, 0.29) is 12.5 Å². The molecule has 4 nitrogen and oxygen atoms in total. The van der Waals surface area contributed by atoms with Crippen molar-refractivity contribution < 1.29 is 9.53 Å². The molecule has 0 bridgehead atoms. The predicted octanol–water partition coefficient (Wildman–Crippen LogP) is 1.71. The number of hydrogen-bond acceptors (Lipinski definition) is 3. The van der Waals surface area contributed by atoms with Crippen molar-refractivity contribution in [2.45, 2.75) is 38.6 Å². The number of ether oxygens (including phenoxy) is 1. The molecule has 82 valence electrons. The van der Waals surface area contributed by atoms with Gasteiger partial charge in [-0.15, -0.1) is 0 Å². The lowest BCUT2D eigenvalue weighted by Crippen LogP contribution is -2.15. The zero-order valence-electron chi connectivity index (χ0n) is 8.98. The molecule has 0 N–H and O–H groups in total. The summed E-state index contributed by atoms with van der Waals surface area (Å²) in [5.41, 5.74) is 1.12. The molecule has 0 unspecified atom stereocenters. The molecule has 1 saturated carbocycles. The van der Waals surface area contributed by atoms with Crippen LogP contribution in [0.1, 0.15) is 37.8 Å². The van der Waals surface area contributed by atoms with Crippen molar-refractivity contribution in [1.82, 2.24) is 9.78 Å². The first-order chi connectivity index (χ1) is 7.29. The molecule has 1 heterocycles. The Morgan fingerprint density at radius 3 is 3.07 bits per heavy atom. The van der Waals surface area contributed by atoms with Gasteiger partial charge in [0.1, 0.15) is 6.54 Å². The summed E-state index contributed by atoms with van der Waals surface area (Å²) in [5.74, 6) is 0.397. The minimum Gasteiger partial charge on any atom is -0.465 e. The van der Waals surface area contributed by atoms with Gasteiger partial charge >= 0.3 is 5.97 Å². The first kappa shape index (κ1) is 10.2. The van der Waals surface area contributed by atoms with Crippen LogP contribution < -0.4 is 0 Å². The first-order valence-electron chi connectivity index (χ1n) is 5.48. The molecule has 1 aromatic heterocycles. The van der Waals surface area contributed by atoms with Crippen molar-refractivity contribution in [1.29, 1.82) is 0 Å². The van der Waals surface area contributed by atoms with E-state index >= 15 is 0 Å². The molecule has 0 aliphatic heterocycles. The van der Waals surface area contributed by atoms with E-state index in [1.165, 1.54) is 19.3 Å². The molecule has 1 aliphatic carbocycles. The summed E-state index contributed by atoms with van der Waals surface area (Å²) in [6, 6.07) is 2.00. The van der Waals surface area contributed by atoms with Crippen molar-refractivity contribution in [3.05, 3.63) is 18.0 Å². The number of rotatable bonds is 4. The second kappa shape index (κ2) is 4.47. The zero-order chi connectivity index (χ0) is 10.7. The highest BCUT2D eigenvalue weighted by molar-refractivity contribution is 5.68. The van der Waals surface area contributed by atoms with Gasteiger partial charge in [0, 0.05) is 12.1 Å². The van der Waals surface area contributed by atoms with Gasteiger partial charge in [-0.3, -0.25) is 9.48 Å². The fourth-order valence-electron chi connectivity index (χ4n) is 1.73. The summed E-state index contributed by atoms with van der Waals surface area (Å²) in [6.07, 6.45) is 5.62. The van der Waals surface area contributed by atoms with Crippen LogP contribution in [0.15, 0.2) is 12.3 Å². The minimum atomic E-state index is -0.222. The summed E-state index contributed by atoms with van der Waals surface area (Å²) in [5, 5.41) is 4.37. The van der Waals surface area contributed by atoms with Crippen LogP contribution in [-0.4, -0.2) is 22.4 Å². The quantitative estimate of drug-likeness (QED) is 0.707. The average molecular weight is 208 g/mol. The van der Waals surface area contributed by atoms with E-state index in [1.54, 1.807) is 11.6 Å². The second-order valence-electron chi connectivity index (χ2n) is 3.87. The van der Waals surface area contributed by atoms with Gasteiger partial charge in [-0.2, -0.15) is 5.10 Å². The molecular weight excluding hydrogens is 192 g/mol. The summed E-state index contributed by atoms with van der Waals surface area (Å²) >= 11 is 0. The molecule has 0 aromatic carbocycles. The van der Waals surface area contributed by atoms with Gasteiger partial charge < -0.3 is 4.74 Å². The molecule has 0 spiro atoms. The van der Waals surface area contributed by atoms with Gasteiger partial charge in [-0.1, -0.05) is 6.42 Å². The summed E-state index contributed by atoms with van der Waals surface area (Å²) in [6.45, 7) is 2.46. The topological polar surface area (TPSA) is 44.1 Å². The molecule has 4 heteroatoms. The largest absolute Gasteiger partial charge is 0.465 e. The van der Waals surface area contributed by atoms with Crippen molar-refractivity contribution in [2.24, 2.45) is 0 Å². The molecule has 0 radical (unpaired) electrons. The van der Waals surface area contributed by atoms with E-state index in [1.807, 2.05) is 12.3 Å². The van der Waals surface area contributed by atoms with Crippen LogP contribution in [0.3, 0.4) is 0 Å². The van der Waals surface area contributed by atoms with Crippen LogP contribution in [-0.2, 0) is 16.1 Å². The Balaban J connectivity index is 1.91. The second-order valence-corrected chi connectivity index (χ2v) is 3.87. The van der Waals surface area contributed by atoms with Crippen molar-refractivity contribution in [3.8, 4) is 0 Å². The van der Waals surface area contributed by atoms with Gasteiger partial charge in [0.25, 0.3) is 0 Å². The fraction of sp³-hybridized carbons (Fsp3) is 0.636. The Morgan fingerprint density at radius 2 is 2.47 bits per heavy atom. The Hall–Kier alpha value is -1.32. The summed E-state index contributed by atoms with van der Waals surface area (Å²) < 4.78 is 6.51. The van der Waals surface area contributed by atoms with E-state index in [9.17, 15) is 4.79 Å². The monoisotopic (exact) mass is 208 g/mol. The van der Waals surface area contributed by atoms with Crippen LogP contribution in [0, 0.1) is 0 Å². The Morgan fingerprint density at radius 1 is 1.67 bits per heavy atom. The first-order valence-corrected chi connectivity index (χ1v) is 5.48. The lowest BCUT2D eigenvalue weighted by Gasteiger charge is -2.22. The standard InChI is InChI=1S/C11H16N2O2/c1-2-15-11(14)8-13-7-6-10(12-13)9-4-3-5-9/h6-7,9H,2-5,8H2,1H3. The average Bonchev–Trinajstić information content (AvgIpc) is 2.50. The van der Waals surface area contributed by atoms with E-state index < -0.39 is 0 Å². The maximum Gasteiger partial charge on any atom is 0.327 e. The molecular formula is C11H16N2O2.